The first kappa shape index (κ1) is 81.1. The highest BCUT2D eigenvalue weighted by Crippen LogP contribution is 2.29. The molecule has 6 N–H and O–H groups in total. The van der Waals surface area contributed by atoms with E-state index in [1.54, 1.807) is 116 Å². The first-order valence-corrected chi connectivity index (χ1v) is 38.2. The molecule has 6 aromatic heterocycles. The molecule has 0 saturated carbocycles. The van der Waals surface area contributed by atoms with Gasteiger partial charge in [0.1, 0.15) is 86.5 Å². The number of hydrogen-bond acceptors (Lipinski definition) is 20. The zero-order chi connectivity index (χ0) is 82.0. The fourth-order valence-electron chi connectivity index (χ4n) is 12.7. The molecule has 5 amide bonds. The van der Waals surface area contributed by atoms with Gasteiger partial charge in [0.25, 0.3) is 29.5 Å². The number of amides is 5. The van der Waals surface area contributed by atoms with Gasteiger partial charge < -0.3 is 64.9 Å². The zero-order valence-electron chi connectivity index (χ0n) is 64.4. The number of benzene rings is 6. The van der Waals surface area contributed by atoms with E-state index in [0.717, 1.165) is 39.7 Å². The second-order valence-electron chi connectivity index (χ2n) is 26.9. The van der Waals surface area contributed by atoms with E-state index < -0.39 is 59.5 Å². The predicted molar refractivity (Wildman–Crippen MR) is 439 cm³/mol. The zero-order valence-corrected chi connectivity index (χ0v) is 64.4. The van der Waals surface area contributed by atoms with Gasteiger partial charge in [-0.2, -0.15) is 15.3 Å². The van der Waals surface area contributed by atoms with E-state index in [-0.39, 0.29) is 36.3 Å². The Bertz CT molecular complexity index is 5580. The Morgan fingerprint density at radius 2 is 0.788 bits per heavy atom. The van der Waals surface area contributed by atoms with Crippen LogP contribution in [0.2, 0.25) is 0 Å². The number of carbonyl (C=O) groups excluding carboxylic acids is 7. The van der Waals surface area contributed by atoms with Crippen molar-refractivity contribution in [2.75, 3.05) is 52.7 Å². The summed E-state index contributed by atoms with van der Waals surface area (Å²) in [5.74, 6) is 1.52. The number of aliphatic hydroxyl groups excluding tert-OH is 1. The lowest BCUT2D eigenvalue weighted by Crippen LogP contribution is -2.51. The smallest absolute Gasteiger partial charge is 0.289 e. The van der Waals surface area contributed by atoms with Crippen molar-refractivity contribution in [2.45, 2.75) is 57.3 Å². The maximum Gasteiger partial charge on any atom is 0.289 e. The van der Waals surface area contributed by atoms with Crippen LogP contribution in [0.15, 0.2) is 274 Å². The van der Waals surface area contributed by atoms with E-state index in [4.69, 9.17) is 28.4 Å². The number of rotatable bonds is 7. The molecule has 18 bridgehead atoms. The lowest BCUT2D eigenvalue weighted by molar-refractivity contribution is -0.138. The summed E-state index contributed by atoms with van der Waals surface area (Å²) >= 11 is 0. The lowest BCUT2D eigenvalue weighted by Gasteiger charge is -2.24. The molecule has 18 rings (SSSR count). The van der Waals surface area contributed by atoms with Crippen LogP contribution in [0.4, 0.5) is 0 Å². The third-order valence-corrected chi connectivity index (χ3v) is 18.6. The van der Waals surface area contributed by atoms with Gasteiger partial charge in [-0.1, -0.05) is 72.8 Å². The molecule has 4 atom stereocenters. The molecule has 28 heteroatoms. The molecule has 598 valence electrons. The van der Waals surface area contributed by atoms with Crippen LogP contribution in [0.3, 0.4) is 0 Å². The second kappa shape index (κ2) is 40.2. The van der Waals surface area contributed by atoms with Crippen LogP contribution < -0.4 is 55.0 Å². The van der Waals surface area contributed by atoms with Gasteiger partial charge in [-0.3, -0.25) is 28.8 Å². The van der Waals surface area contributed by atoms with Crippen molar-refractivity contribution in [1.29, 1.82) is 0 Å². The number of likely N-dealkylation sites (N-methyl/N-ethyl adjacent to an activating group) is 2. The minimum Gasteiger partial charge on any atom is -0.490 e. The monoisotopic (exact) mass is 1580 g/mol. The highest BCUT2D eigenvalue weighted by molar-refractivity contribution is 6.38. The average Bonchev–Trinajstić information content (AvgIpc) is 1.64. The minimum atomic E-state index is -1.48. The first-order chi connectivity index (χ1) is 57.7. The van der Waals surface area contributed by atoms with Crippen molar-refractivity contribution in [3.63, 3.8) is 0 Å². The topological polar surface area (TPSA) is 347 Å². The van der Waals surface area contributed by atoms with Gasteiger partial charge in [0.2, 0.25) is 5.78 Å². The summed E-state index contributed by atoms with van der Waals surface area (Å²) in [5, 5.41) is 38.4. The fraction of sp³-hybridized carbons (Fsp3) is 0.189. The Hall–Kier alpha value is -14.9. The Balaban J connectivity index is 0.000000154. The summed E-state index contributed by atoms with van der Waals surface area (Å²) in [6, 6.07) is 57.2. The number of ketones is 1. The van der Waals surface area contributed by atoms with E-state index in [1.807, 2.05) is 176 Å². The maximum absolute atomic E-state index is 13.6. The normalized spacial score (nSPS) is 16.6. The number of Topliss-reactive ketones (excluding diaryl/α,β-unsaturated/α-hetero) is 1. The molecule has 0 spiro atoms. The van der Waals surface area contributed by atoms with Crippen molar-refractivity contribution in [1.82, 2.24) is 70.9 Å². The molecule has 1 unspecified atom stereocenters. The number of pyridine rings is 3. The Kier molecular flexibility index (Phi) is 27.6. The summed E-state index contributed by atoms with van der Waals surface area (Å²) in [5.41, 5.74) is 7.77. The van der Waals surface area contributed by atoms with Gasteiger partial charge in [-0.05, 0) is 207 Å². The summed E-state index contributed by atoms with van der Waals surface area (Å²) in [7, 11) is 0. The number of nitrogens with zero attached hydrogens (tertiary/aromatic N) is 9. The van der Waals surface area contributed by atoms with E-state index in [1.165, 1.54) is 9.36 Å². The van der Waals surface area contributed by atoms with Crippen LogP contribution in [-0.4, -0.2) is 168 Å². The van der Waals surface area contributed by atoms with Crippen LogP contribution >= 0.6 is 0 Å². The Morgan fingerprint density at radius 3 is 1.17 bits per heavy atom. The van der Waals surface area contributed by atoms with Crippen molar-refractivity contribution in [2.24, 2.45) is 0 Å². The van der Waals surface area contributed by atoms with Gasteiger partial charge in [-0.15, -0.1) is 0 Å². The van der Waals surface area contributed by atoms with Crippen molar-refractivity contribution >= 4 is 41.6 Å². The first-order valence-electron chi connectivity index (χ1n) is 38.2. The summed E-state index contributed by atoms with van der Waals surface area (Å²) in [4.78, 5) is 103. The summed E-state index contributed by atoms with van der Waals surface area (Å²) in [6.45, 7) is 6.38. The van der Waals surface area contributed by atoms with E-state index >= 15 is 0 Å². The molecule has 6 aliphatic rings. The number of hydrogen-bond donors (Lipinski definition) is 6. The highest BCUT2D eigenvalue weighted by atomic mass is 16.5. The molecular formula is C90H84N14O14. The largest absolute Gasteiger partial charge is 0.490 e. The van der Waals surface area contributed by atoms with Crippen LogP contribution in [0.25, 0.3) is 51.2 Å². The van der Waals surface area contributed by atoms with E-state index in [2.05, 4.69) is 56.8 Å². The molecule has 12 heterocycles. The van der Waals surface area contributed by atoms with Crippen molar-refractivity contribution in [3.8, 4) is 85.7 Å². The number of nitrogens with one attached hydrogen (secondary N) is 5. The maximum atomic E-state index is 13.6. The minimum absolute atomic E-state index is 0.108. The Morgan fingerprint density at radius 1 is 0.432 bits per heavy atom. The van der Waals surface area contributed by atoms with Gasteiger partial charge in [0.05, 0.1) is 45.9 Å². The molecule has 0 saturated heterocycles. The molecule has 12 aromatic rings. The van der Waals surface area contributed by atoms with Crippen LogP contribution in [0, 0.1) is 0 Å². The number of carbonyl (C=O) groups is 7. The molecular weight excluding hydrogens is 1500 g/mol. The summed E-state index contributed by atoms with van der Waals surface area (Å²) < 4.78 is 39.5. The second-order valence-corrected chi connectivity index (χ2v) is 26.9. The fourth-order valence-corrected chi connectivity index (χ4v) is 12.7. The third-order valence-electron chi connectivity index (χ3n) is 18.6. The SMILES string of the molecule is CCNC(=O)C(=O)[C@@H]1Cc2ccc(cc2)OC/C=C/COc2cccc(c2)-c2ccn(n2)-c2ncccc2C(=O)N1.CCNC(=O)C(O)[C@@H]1Cc2ccc(cc2)OC/C=C/COc2cccc(c2)-c2ccn(n2)-c2ncccc2C(=O)N1.O=C[C@@H]1Cc2ccc(cc2)OC/C=C/COc2cccc(c2)-c2ccn(n2)-c2ncccc2C(=O)N1. The molecule has 0 aliphatic carbocycles. The predicted octanol–water partition coefficient (Wildman–Crippen LogP) is 10.2. The summed E-state index contributed by atoms with van der Waals surface area (Å²) in [6.07, 6.45) is 21.2. The molecule has 6 aliphatic heterocycles. The van der Waals surface area contributed by atoms with E-state index in [0.29, 0.717) is 121 Å². The number of aliphatic hydroxyl groups is 1. The highest BCUT2D eigenvalue weighted by Gasteiger charge is 2.32. The molecule has 28 nitrogen and oxygen atoms in total. The molecule has 0 fully saturated rings. The standard InChI is InChI=1S/C31H31N5O5.C31H29N5O5.C28H24N4O4/c2*1-2-32-31(39)28(37)27-19-21-10-12-23(13-11-21)40-17-3-4-18-41-24-8-5-7-22(20-24)26-14-16-36(35-26)29-25(30(38)34-27)9-6-15-33-29;33-19-22-17-20-8-10-23(11-9-20)35-15-1-2-16-36-24-6-3-5-21(18-24)26-12-14-32(31-26)27-25(28(34)30-22)7-4-13-29-27/h3-16,20,27-28,37H,2,17-19H2,1H3,(H,32,39)(H,34,38);3-16,20,27H,2,17-19H2,1H3,(H,32,39)(H,34,38);1-14,18-19,22H,15-17H2,(H,30,34)/b2*4-3+;2-1+/t27-,28?;27-;22-/m000/s1. The molecule has 118 heavy (non-hydrogen) atoms. The lowest BCUT2D eigenvalue weighted by atomic mass is 10.00. The van der Waals surface area contributed by atoms with Crippen LogP contribution in [-0.2, 0) is 38.4 Å². The van der Waals surface area contributed by atoms with Crippen molar-refractivity contribution in [3.05, 3.63) is 307 Å². The number of aldehydes is 1. The quantitative estimate of drug-likeness (QED) is 0.0490. The van der Waals surface area contributed by atoms with Gasteiger partial charge in [0, 0.05) is 73.4 Å². The number of ether oxygens (including phenoxy) is 6. The Labute approximate surface area is 679 Å². The average molecular weight is 1590 g/mol. The van der Waals surface area contributed by atoms with Gasteiger partial charge in [0.15, 0.2) is 23.6 Å². The molecule has 6 aromatic carbocycles. The van der Waals surface area contributed by atoms with Crippen LogP contribution in [0.1, 0.15) is 61.6 Å². The van der Waals surface area contributed by atoms with Crippen molar-refractivity contribution < 1.29 is 67.1 Å². The van der Waals surface area contributed by atoms with Crippen LogP contribution in [0.5, 0.6) is 34.5 Å². The number of aromatic nitrogens is 9. The molecule has 0 radical (unpaired) electrons. The van der Waals surface area contributed by atoms with Gasteiger partial charge >= 0.3 is 0 Å². The van der Waals surface area contributed by atoms with E-state index in [9.17, 15) is 38.7 Å². The third kappa shape index (κ3) is 21.7. The number of fused-ring (bicyclic) bond motifs is 27. The van der Waals surface area contributed by atoms with Gasteiger partial charge in [-0.25, -0.2) is 29.0 Å².